The smallest absolute Gasteiger partial charge is 0.270 e. The molecular formula is C20H17ClFNO3S2. The van der Waals surface area contributed by atoms with Crippen molar-refractivity contribution >= 4 is 57.6 Å². The van der Waals surface area contributed by atoms with E-state index in [1.54, 1.807) is 12.1 Å². The third kappa shape index (κ3) is 4.32. The molecule has 0 N–H and O–H groups in total. The molecule has 8 heteroatoms. The van der Waals surface area contributed by atoms with E-state index in [0.717, 1.165) is 5.56 Å². The number of ether oxygens (including phenoxy) is 2. The molecule has 146 valence electrons. The first-order valence-corrected chi connectivity index (χ1v) is 10.2. The van der Waals surface area contributed by atoms with E-state index in [1.807, 2.05) is 26.0 Å². The van der Waals surface area contributed by atoms with Crippen LogP contribution in [0.1, 0.15) is 19.4 Å². The van der Waals surface area contributed by atoms with Crippen LogP contribution in [0.25, 0.3) is 6.08 Å². The van der Waals surface area contributed by atoms with Gasteiger partial charge in [0, 0.05) is 0 Å². The van der Waals surface area contributed by atoms with Gasteiger partial charge in [-0.15, -0.1) is 0 Å². The third-order valence-corrected chi connectivity index (χ3v) is 5.41. The van der Waals surface area contributed by atoms with E-state index in [-0.39, 0.29) is 10.9 Å². The number of amides is 1. The highest BCUT2D eigenvalue weighted by atomic mass is 35.5. The number of hydrogen-bond donors (Lipinski definition) is 0. The molecule has 0 saturated carbocycles. The number of thiocarbonyl (C=S) groups is 1. The number of rotatable bonds is 6. The van der Waals surface area contributed by atoms with Crippen molar-refractivity contribution < 1.29 is 18.7 Å². The minimum absolute atomic E-state index is 0.0663. The van der Waals surface area contributed by atoms with Crippen LogP contribution in [0.3, 0.4) is 0 Å². The summed E-state index contributed by atoms with van der Waals surface area (Å²) in [6.07, 6.45) is 1.74. The molecule has 1 saturated heterocycles. The van der Waals surface area contributed by atoms with E-state index in [1.165, 1.54) is 34.9 Å². The van der Waals surface area contributed by atoms with Gasteiger partial charge in [-0.2, -0.15) is 0 Å². The molecule has 28 heavy (non-hydrogen) atoms. The fourth-order valence-electron chi connectivity index (χ4n) is 2.62. The van der Waals surface area contributed by atoms with Crippen molar-refractivity contribution in [1.29, 1.82) is 0 Å². The van der Waals surface area contributed by atoms with Crippen LogP contribution in [0, 0.1) is 5.82 Å². The summed E-state index contributed by atoms with van der Waals surface area (Å²) >= 11 is 12.4. The second-order valence-corrected chi connectivity index (χ2v) is 7.77. The normalized spacial score (nSPS) is 15.4. The summed E-state index contributed by atoms with van der Waals surface area (Å²) in [7, 11) is 0. The Bertz CT molecular complexity index is 964. The number of anilines is 1. The lowest BCUT2D eigenvalue weighted by Crippen LogP contribution is -2.27. The van der Waals surface area contributed by atoms with Crippen LogP contribution >= 0.6 is 35.6 Å². The minimum atomic E-state index is -0.552. The number of hydrogen-bond acceptors (Lipinski definition) is 5. The number of thioether (sulfide) groups is 1. The van der Waals surface area contributed by atoms with Crippen molar-refractivity contribution in [1.82, 2.24) is 0 Å². The first-order chi connectivity index (χ1) is 13.4. The Kier molecular flexibility index (Phi) is 6.59. The van der Waals surface area contributed by atoms with Gasteiger partial charge in [-0.25, -0.2) is 4.39 Å². The summed E-state index contributed by atoms with van der Waals surface area (Å²) in [5.41, 5.74) is 1.21. The molecule has 0 bridgehead atoms. The molecule has 0 aromatic heterocycles. The summed E-state index contributed by atoms with van der Waals surface area (Å²) in [6, 6.07) is 9.53. The Hall–Kier alpha value is -2.09. The topological polar surface area (TPSA) is 38.8 Å². The minimum Gasteiger partial charge on any atom is -0.490 e. The van der Waals surface area contributed by atoms with Crippen LogP contribution in [0.5, 0.6) is 11.5 Å². The van der Waals surface area contributed by atoms with Gasteiger partial charge < -0.3 is 9.47 Å². The summed E-state index contributed by atoms with van der Waals surface area (Å²) < 4.78 is 25.0. The molecule has 1 amide bonds. The monoisotopic (exact) mass is 437 g/mol. The van der Waals surface area contributed by atoms with Gasteiger partial charge in [-0.1, -0.05) is 41.6 Å². The molecule has 2 aromatic carbocycles. The van der Waals surface area contributed by atoms with Crippen LogP contribution in [-0.2, 0) is 4.79 Å². The largest absolute Gasteiger partial charge is 0.490 e. The number of carbonyl (C=O) groups is 1. The van der Waals surface area contributed by atoms with Gasteiger partial charge in [0.1, 0.15) is 5.82 Å². The van der Waals surface area contributed by atoms with Gasteiger partial charge in [0.2, 0.25) is 0 Å². The zero-order chi connectivity index (χ0) is 20.3. The van der Waals surface area contributed by atoms with E-state index in [0.29, 0.717) is 39.6 Å². The first kappa shape index (κ1) is 20.6. The van der Waals surface area contributed by atoms with Crippen molar-refractivity contribution in [3.8, 4) is 11.5 Å². The Labute approximate surface area is 177 Å². The van der Waals surface area contributed by atoms with Gasteiger partial charge in [0.25, 0.3) is 5.91 Å². The molecule has 0 atom stereocenters. The lowest BCUT2D eigenvalue weighted by molar-refractivity contribution is -0.113. The summed E-state index contributed by atoms with van der Waals surface area (Å²) in [4.78, 5) is 14.7. The first-order valence-electron chi connectivity index (χ1n) is 8.57. The Morgan fingerprint density at radius 2 is 1.86 bits per heavy atom. The molecule has 0 radical (unpaired) electrons. The summed E-state index contributed by atoms with van der Waals surface area (Å²) in [5.74, 6) is 0.419. The molecule has 4 nitrogen and oxygen atoms in total. The summed E-state index contributed by atoms with van der Waals surface area (Å²) in [5, 5.41) is -0.0663. The predicted molar refractivity (Wildman–Crippen MR) is 116 cm³/mol. The second-order valence-electron chi connectivity index (χ2n) is 5.69. The van der Waals surface area contributed by atoms with Crippen molar-refractivity contribution in [3.05, 3.63) is 57.7 Å². The van der Waals surface area contributed by atoms with Gasteiger partial charge in [-0.05, 0) is 55.8 Å². The van der Waals surface area contributed by atoms with E-state index in [9.17, 15) is 9.18 Å². The van der Waals surface area contributed by atoms with Gasteiger partial charge in [0.05, 0.1) is 28.8 Å². The van der Waals surface area contributed by atoms with Crippen LogP contribution in [0.15, 0.2) is 41.3 Å². The van der Waals surface area contributed by atoms with Crippen LogP contribution in [0.4, 0.5) is 10.1 Å². The predicted octanol–water partition coefficient (Wildman–Crippen LogP) is 5.68. The van der Waals surface area contributed by atoms with Crippen molar-refractivity contribution in [3.63, 3.8) is 0 Å². The standard InChI is InChI=1S/C20H17ClFNO3S2/c1-3-25-16-8-5-12(9-17(16)26-4-2)10-18-19(24)23(20(27)28-18)13-6-7-15(22)14(21)11-13/h5-11H,3-4H2,1-2H3/b18-10+. The van der Waals surface area contributed by atoms with Crippen molar-refractivity contribution in [2.75, 3.05) is 18.1 Å². The molecular weight excluding hydrogens is 421 g/mol. The quantitative estimate of drug-likeness (QED) is 0.429. The molecule has 1 aliphatic rings. The highest BCUT2D eigenvalue weighted by Gasteiger charge is 2.33. The highest BCUT2D eigenvalue weighted by Crippen LogP contribution is 2.38. The van der Waals surface area contributed by atoms with Crippen LogP contribution < -0.4 is 14.4 Å². The van der Waals surface area contributed by atoms with E-state index in [2.05, 4.69) is 0 Å². The van der Waals surface area contributed by atoms with E-state index >= 15 is 0 Å². The lowest BCUT2D eigenvalue weighted by atomic mass is 10.1. The fourth-order valence-corrected chi connectivity index (χ4v) is 4.10. The van der Waals surface area contributed by atoms with Crippen molar-refractivity contribution in [2.45, 2.75) is 13.8 Å². The van der Waals surface area contributed by atoms with Crippen LogP contribution in [-0.4, -0.2) is 23.4 Å². The molecule has 2 aromatic rings. The van der Waals surface area contributed by atoms with E-state index in [4.69, 9.17) is 33.3 Å². The van der Waals surface area contributed by atoms with Gasteiger partial charge in [0.15, 0.2) is 15.8 Å². The molecule has 0 spiro atoms. The van der Waals surface area contributed by atoms with Gasteiger partial charge in [-0.3, -0.25) is 9.69 Å². The summed E-state index contributed by atoms with van der Waals surface area (Å²) in [6.45, 7) is 4.81. The van der Waals surface area contributed by atoms with Gasteiger partial charge >= 0.3 is 0 Å². The number of benzene rings is 2. The number of halogens is 2. The Morgan fingerprint density at radius 1 is 1.14 bits per heavy atom. The van der Waals surface area contributed by atoms with E-state index < -0.39 is 5.82 Å². The zero-order valence-electron chi connectivity index (χ0n) is 15.2. The maximum Gasteiger partial charge on any atom is 0.270 e. The molecule has 1 heterocycles. The maximum atomic E-state index is 13.4. The maximum absolute atomic E-state index is 13.4. The average Bonchev–Trinajstić information content (AvgIpc) is 2.93. The fraction of sp³-hybridized carbons (Fsp3) is 0.200. The molecule has 0 aliphatic carbocycles. The molecule has 0 unspecified atom stereocenters. The molecule has 1 fully saturated rings. The Morgan fingerprint density at radius 3 is 2.54 bits per heavy atom. The van der Waals surface area contributed by atoms with Crippen LogP contribution in [0.2, 0.25) is 5.02 Å². The highest BCUT2D eigenvalue weighted by molar-refractivity contribution is 8.27. The molecule has 1 aliphatic heterocycles. The third-order valence-electron chi connectivity index (χ3n) is 3.82. The average molecular weight is 438 g/mol. The lowest BCUT2D eigenvalue weighted by Gasteiger charge is -2.14. The second kappa shape index (κ2) is 8.94. The van der Waals surface area contributed by atoms with Crippen molar-refractivity contribution in [2.24, 2.45) is 0 Å². The SMILES string of the molecule is CCOc1ccc(/C=C2/SC(=S)N(c3ccc(F)c(Cl)c3)C2=O)cc1OCC. The zero-order valence-corrected chi connectivity index (χ0v) is 17.6. The number of carbonyl (C=O) groups excluding carboxylic acids is 1. The molecule has 3 rings (SSSR count). The number of nitrogens with zero attached hydrogens (tertiary/aromatic N) is 1. The Balaban J connectivity index is 1.91.